The number of aromatic nitrogens is 2. The van der Waals surface area contributed by atoms with Crippen LogP contribution >= 0.6 is 22.9 Å². The number of halogens is 4. The van der Waals surface area contributed by atoms with Crippen LogP contribution in [0, 0.1) is 5.82 Å². The van der Waals surface area contributed by atoms with Gasteiger partial charge >= 0.3 is 11.5 Å². The lowest BCUT2D eigenvalue weighted by molar-refractivity contribution is -0.162. The molecule has 3 rings (SSSR count). The zero-order chi connectivity index (χ0) is 19.0. The average molecular weight is 410 g/mol. The predicted molar refractivity (Wildman–Crippen MR) is 89.8 cm³/mol. The van der Waals surface area contributed by atoms with E-state index in [1.165, 1.54) is 15.4 Å². The quantitative estimate of drug-likeness (QED) is 0.762. The Balaban J connectivity index is 2.00. The summed E-state index contributed by atoms with van der Waals surface area (Å²) in [6, 6.07) is 2.41. The summed E-state index contributed by atoms with van der Waals surface area (Å²) in [5, 5.41) is 0.100. The summed E-state index contributed by atoms with van der Waals surface area (Å²) in [6.07, 6.45) is -1.03. The third kappa shape index (κ3) is 3.97. The molecule has 2 heterocycles. The fourth-order valence-corrected chi connectivity index (χ4v) is 3.59. The first-order valence-corrected chi connectivity index (χ1v) is 8.89. The second kappa shape index (κ2) is 7.45. The molecule has 26 heavy (non-hydrogen) atoms. The molecule has 0 saturated heterocycles. The number of hydrogen-bond donors (Lipinski definition) is 0. The van der Waals surface area contributed by atoms with Gasteiger partial charge in [0.25, 0.3) is 0 Å². The minimum atomic E-state index is -2.94. The molecule has 0 spiro atoms. The van der Waals surface area contributed by atoms with E-state index in [4.69, 9.17) is 16.3 Å². The lowest BCUT2D eigenvalue weighted by Crippen LogP contribution is -2.21. The summed E-state index contributed by atoms with van der Waals surface area (Å²) in [4.78, 5) is 16.0. The fourth-order valence-electron chi connectivity index (χ4n) is 2.54. The van der Waals surface area contributed by atoms with E-state index in [0.717, 1.165) is 17.4 Å². The van der Waals surface area contributed by atoms with Gasteiger partial charge < -0.3 is 9.47 Å². The molecule has 2 aromatic rings. The monoisotopic (exact) mass is 409 g/mol. The SMILES string of the molecule is CC(C)Oc1cc(N=c2sc(=O)n3n2CC(OC(F)F)C3)c(F)cc1Cl. The summed E-state index contributed by atoms with van der Waals surface area (Å²) in [5.41, 5.74) is -0.0690. The Morgan fingerprint density at radius 2 is 2.00 bits per heavy atom. The Morgan fingerprint density at radius 3 is 2.65 bits per heavy atom. The molecule has 1 aliphatic heterocycles. The Morgan fingerprint density at radius 1 is 1.31 bits per heavy atom. The minimum absolute atomic E-state index is 0.0139. The van der Waals surface area contributed by atoms with Crippen LogP contribution in [0.5, 0.6) is 5.75 Å². The molecular formula is C15H15ClF3N3O3S. The van der Waals surface area contributed by atoms with E-state index in [9.17, 15) is 18.0 Å². The molecule has 0 amide bonds. The Hall–Kier alpha value is -1.78. The second-order valence-electron chi connectivity index (χ2n) is 5.85. The van der Waals surface area contributed by atoms with Crippen LogP contribution in [-0.4, -0.2) is 28.2 Å². The van der Waals surface area contributed by atoms with Gasteiger partial charge in [-0.15, -0.1) is 0 Å². The summed E-state index contributed by atoms with van der Waals surface area (Å²) >= 11 is 6.75. The van der Waals surface area contributed by atoms with Gasteiger partial charge in [0.15, 0.2) is 5.82 Å². The molecule has 0 N–H and O–H groups in total. The van der Waals surface area contributed by atoms with E-state index >= 15 is 0 Å². The zero-order valence-electron chi connectivity index (χ0n) is 13.8. The number of fused-ring (bicyclic) bond motifs is 1. The van der Waals surface area contributed by atoms with Gasteiger partial charge in [-0.05, 0) is 31.3 Å². The molecule has 0 saturated carbocycles. The molecule has 1 unspecified atom stereocenters. The predicted octanol–water partition coefficient (Wildman–Crippen LogP) is 3.14. The molecular weight excluding hydrogens is 395 g/mol. The molecule has 0 fully saturated rings. The molecule has 1 aromatic heterocycles. The average Bonchev–Trinajstić information content (AvgIpc) is 3.04. The Labute approximate surface area is 155 Å². The van der Waals surface area contributed by atoms with Gasteiger partial charge in [0.1, 0.15) is 17.5 Å². The first-order valence-electron chi connectivity index (χ1n) is 7.69. The third-order valence-corrected chi connectivity index (χ3v) is 4.70. The number of ether oxygens (including phenoxy) is 2. The largest absolute Gasteiger partial charge is 0.489 e. The van der Waals surface area contributed by atoms with E-state index in [0.29, 0.717) is 0 Å². The van der Waals surface area contributed by atoms with Gasteiger partial charge in [-0.1, -0.05) is 11.6 Å². The topological polar surface area (TPSA) is 57.8 Å². The van der Waals surface area contributed by atoms with E-state index in [2.05, 4.69) is 9.73 Å². The van der Waals surface area contributed by atoms with Crippen molar-refractivity contribution in [3.8, 4) is 5.75 Å². The number of hydrogen-bond acceptors (Lipinski definition) is 5. The van der Waals surface area contributed by atoms with Crippen LogP contribution in [0.15, 0.2) is 21.9 Å². The summed E-state index contributed by atoms with van der Waals surface area (Å²) < 4.78 is 51.6. The highest BCUT2D eigenvalue weighted by Gasteiger charge is 2.27. The zero-order valence-corrected chi connectivity index (χ0v) is 15.4. The summed E-state index contributed by atoms with van der Waals surface area (Å²) in [6.45, 7) is 0.657. The number of benzene rings is 1. The maximum absolute atomic E-state index is 14.2. The van der Waals surface area contributed by atoms with Crippen LogP contribution in [0.25, 0.3) is 0 Å². The fraction of sp³-hybridized carbons (Fsp3) is 0.467. The summed E-state index contributed by atoms with van der Waals surface area (Å²) in [7, 11) is 0. The van der Waals surface area contributed by atoms with Gasteiger partial charge in [-0.2, -0.15) is 8.78 Å². The lowest BCUT2D eigenvalue weighted by atomic mass is 10.3. The highest BCUT2D eigenvalue weighted by Crippen LogP contribution is 2.32. The van der Waals surface area contributed by atoms with Crippen LogP contribution in [-0.2, 0) is 17.8 Å². The van der Waals surface area contributed by atoms with Gasteiger partial charge in [0, 0.05) is 6.07 Å². The van der Waals surface area contributed by atoms with Crippen molar-refractivity contribution in [2.24, 2.45) is 4.99 Å². The van der Waals surface area contributed by atoms with Crippen LogP contribution in [0.3, 0.4) is 0 Å². The second-order valence-corrected chi connectivity index (χ2v) is 7.17. The maximum atomic E-state index is 14.2. The normalized spacial score (nSPS) is 17.4. The number of rotatable bonds is 5. The first-order chi connectivity index (χ1) is 12.2. The Kier molecular flexibility index (Phi) is 5.44. The maximum Gasteiger partial charge on any atom is 0.345 e. The van der Waals surface area contributed by atoms with Crippen molar-refractivity contribution in [1.82, 2.24) is 9.36 Å². The third-order valence-electron chi connectivity index (χ3n) is 3.53. The van der Waals surface area contributed by atoms with Crippen LogP contribution in [0.2, 0.25) is 5.02 Å². The van der Waals surface area contributed by atoms with E-state index in [-0.39, 0.29) is 40.5 Å². The van der Waals surface area contributed by atoms with Crippen molar-refractivity contribution in [1.29, 1.82) is 0 Å². The molecule has 11 heteroatoms. The highest BCUT2D eigenvalue weighted by molar-refractivity contribution is 7.06. The van der Waals surface area contributed by atoms with E-state index in [1.54, 1.807) is 13.8 Å². The van der Waals surface area contributed by atoms with Crippen molar-refractivity contribution >= 4 is 28.6 Å². The van der Waals surface area contributed by atoms with E-state index in [1.807, 2.05) is 0 Å². The van der Waals surface area contributed by atoms with Crippen molar-refractivity contribution in [3.05, 3.63) is 37.4 Å². The lowest BCUT2D eigenvalue weighted by Gasteiger charge is -2.12. The molecule has 6 nitrogen and oxygen atoms in total. The highest BCUT2D eigenvalue weighted by atomic mass is 35.5. The van der Waals surface area contributed by atoms with Crippen molar-refractivity contribution < 1.29 is 22.6 Å². The molecule has 1 atom stereocenters. The van der Waals surface area contributed by atoms with Gasteiger partial charge in [-0.25, -0.2) is 14.1 Å². The smallest absolute Gasteiger partial charge is 0.345 e. The van der Waals surface area contributed by atoms with Gasteiger partial charge in [-0.3, -0.25) is 9.48 Å². The molecule has 1 aliphatic rings. The molecule has 0 radical (unpaired) electrons. The van der Waals surface area contributed by atoms with Crippen LogP contribution in [0.1, 0.15) is 13.8 Å². The number of alkyl halides is 2. The molecule has 0 bridgehead atoms. The summed E-state index contributed by atoms with van der Waals surface area (Å²) in [5.74, 6) is -0.432. The van der Waals surface area contributed by atoms with Crippen LogP contribution < -0.4 is 14.4 Å². The molecule has 0 aliphatic carbocycles. The van der Waals surface area contributed by atoms with Gasteiger partial charge in [0.05, 0.1) is 24.2 Å². The first kappa shape index (κ1) is 19.0. The van der Waals surface area contributed by atoms with Gasteiger partial charge in [0.2, 0.25) is 4.80 Å². The van der Waals surface area contributed by atoms with Crippen molar-refractivity contribution in [3.63, 3.8) is 0 Å². The number of nitrogens with zero attached hydrogens (tertiary/aromatic N) is 3. The van der Waals surface area contributed by atoms with E-state index < -0.39 is 23.4 Å². The molecule has 1 aromatic carbocycles. The van der Waals surface area contributed by atoms with Crippen molar-refractivity contribution in [2.45, 2.75) is 45.8 Å². The Bertz CT molecular complexity index is 938. The standard InChI is InChI=1S/C15H15ClF3N3O3S/c1-7(2)24-12-4-11(10(17)3-9(12)16)20-14-21-5-8(25-13(18)19)6-22(21)15(23)26-14/h3-4,7-8,13H,5-6H2,1-2H3. The van der Waals surface area contributed by atoms with Crippen molar-refractivity contribution in [2.75, 3.05) is 0 Å². The molecule has 142 valence electrons. The minimum Gasteiger partial charge on any atom is -0.489 e. The van der Waals surface area contributed by atoms with Crippen LogP contribution in [0.4, 0.5) is 18.9 Å².